The van der Waals surface area contributed by atoms with Gasteiger partial charge in [0.1, 0.15) is 48.8 Å². The Hall–Kier alpha value is -0.440. The van der Waals surface area contributed by atoms with Crippen LogP contribution in [0.25, 0.3) is 0 Å². The molecule has 0 unspecified atom stereocenters. The first kappa shape index (κ1) is 19.9. The van der Waals surface area contributed by atoms with Crippen LogP contribution < -0.4 is 0 Å². The van der Waals surface area contributed by atoms with Crippen LogP contribution in [0.3, 0.4) is 0 Å². The van der Waals surface area contributed by atoms with E-state index in [9.17, 15) is 30.6 Å². The van der Waals surface area contributed by atoms with Gasteiger partial charge in [-0.15, -0.1) is 0 Å². The van der Waals surface area contributed by atoms with E-state index in [-0.39, 0.29) is 6.61 Å². The van der Waals surface area contributed by atoms with Crippen molar-refractivity contribution in [1.29, 1.82) is 0 Å². The van der Waals surface area contributed by atoms with Crippen LogP contribution in [0.2, 0.25) is 0 Å². The maximum absolute atomic E-state index is 10.1. The topological polar surface area (TPSA) is 179 Å². The highest BCUT2D eigenvalue weighted by Crippen LogP contribution is 2.30. The van der Waals surface area contributed by atoms with Crippen LogP contribution in [0, 0.1) is 0 Å². The molecule has 2 heterocycles. The second-order valence-corrected chi connectivity index (χ2v) is 5.78. The van der Waals surface area contributed by atoms with Gasteiger partial charge in [-0.3, -0.25) is 0 Å². The van der Waals surface area contributed by atoms with E-state index in [1.54, 1.807) is 0 Å². The van der Waals surface area contributed by atoms with Gasteiger partial charge in [-0.2, -0.15) is 0 Å². The van der Waals surface area contributed by atoms with Crippen molar-refractivity contribution in [3.05, 3.63) is 0 Å². The molecule has 0 aromatic heterocycles. The summed E-state index contributed by atoms with van der Waals surface area (Å²) in [7, 11) is 1.29. The van der Waals surface area contributed by atoms with Crippen LogP contribution >= 0.6 is 0 Å². The summed E-state index contributed by atoms with van der Waals surface area (Å²) in [4.78, 5) is 0. The fraction of sp³-hybridized carbons (Fsp3) is 1.00. The maximum atomic E-state index is 10.1. The lowest BCUT2D eigenvalue weighted by molar-refractivity contribution is -0.370. The van der Waals surface area contributed by atoms with Gasteiger partial charge in [0.05, 0.1) is 13.2 Å². The van der Waals surface area contributed by atoms with Gasteiger partial charge < -0.3 is 54.7 Å². The number of fused-ring (bicyclic) bond motifs is 1. The van der Waals surface area contributed by atoms with E-state index in [4.69, 9.17) is 24.1 Å². The summed E-state index contributed by atoms with van der Waals surface area (Å²) in [5.74, 6) is 0. The first-order chi connectivity index (χ1) is 11.3. The normalized spacial score (nSPS) is 42.0. The molecule has 24 heavy (non-hydrogen) atoms. The van der Waals surface area contributed by atoms with Gasteiger partial charge >= 0.3 is 0 Å². The van der Waals surface area contributed by atoms with Gasteiger partial charge in [0.15, 0.2) is 12.6 Å². The number of ether oxygens (including phenoxy) is 4. The van der Waals surface area contributed by atoms with Gasteiger partial charge in [-0.25, -0.2) is 0 Å². The summed E-state index contributed by atoms with van der Waals surface area (Å²) in [5, 5.41) is 67.5. The van der Waals surface area contributed by atoms with E-state index >= 15 is 0 Å². The average molecular weight is 356 g/mol. The molecule has 2 aliphatic rings. The van der Waals surface area contributed by atoms with Crippen molar-refractivity contribution in [3.63, 3.8) is 0 Å². The lowest BCUT2D eigenvalue weighted by Crippen LogP contribution is -2.65. The van der Waals surface area contributed by atoms with E-state index < -0.39 is 68.0 Å². The number of methoxy groups -OCH3 is 1. The van der Waals surface area contributed by atoms with E-state index in [2.05, 4.69) is 0 Å². The van der Waals surface area contributed by atoms with Crippen LogP contribution in [-0.2, 0) is 18.9 Å². The van der Waals surface area contributed by atoms with Crippen molar-refractivity contribution in [2.45, 2.75) is 61.4 Å². The molecule has 0 saturated carbocycles. The fourth-order valence-electron chi connectivity index (χ4n) is 2.66. The Bertz CT molecular complexity index is 394. The highest BCUT2D eigenvalue weighted by atomic mass is 16.8. The standard InChI is InChI=1S/C13H24O11/c1-21-12-10(20)8(18)11-5(23-12)3-22-13(24-11)9(19)7(17)6(16)4(15)2-14/h4-20H,2-3H2,1H3/t4-,5-,6-,7+,8-,9-,10-,11-,12+,13-/m1/s1. The van der Waals surface area contributed by atoms with Crippen molar-refractivity contribution in [2.75, 3.05) is 20.3 Å². The zero-order valence-corrected chi connectivity index (χ0v) is 13.0. The number of hydrogen-bond donors (Lipinski definition) is 7. The van der Waals surface area contributed by atoms with Crippen LogP contribution in [0.15, 0.2) is 0 Å². The lowest BCUT2D eigenvalue weighted by Gasteiger charge is -2.47. The van der Waals surface area contributed by atoms with E-state index in [0.717, 1.165) is 0 Å². The molecule has 0 spiro atoms. The van der Waals surface area contributed by atoms with Crippen molar-refractivity contribution in [1.82, 2.24) is 0 Å². The van der Waals surface area contributed by atoms with Gasteiger partial charge in [-0.05, 0) is 0 Å². The predicted molar refractivity (Wildman–Crippen MR) is 73.4 cm³/mol. The zero-order valence-electron chi connectivity index (χ0n) is 13.0. The first-order valence-electron chi connectivity index (χ1n) is 7.46. The van der Waals surface area contributed by atoms with Gasteiger partial charge in [0.2, 0.25) is 0 Å². The van der Waals surface area contributed by atoms with E-state index in [1.165, 1.54) is 7.11 Å². The minimum Gasteiger partial charge on any atom is -0.394 e. The molecular formula is C13H24O11. The number of aliphatic hydroxyl groups is 7. The summed E-state index contributed by atoms with van der Waals surface area (Å²) >= 11 is 0. The summed E-state index contributed by atoms with van der Waals surface area (Å²) in [6.07, 6.45) is -14.3. The quantitative estimate of drug-likeness (QED) is 0.243. The molecule has 2 fully saturated rings. The summed E-state index contributed by atoms with van der Waals surface area (Å²) in [6, 6.07) is 0. The zero-order chi connectivity index (χ0) is 18.0. The molecule has 2 rings (SSSR count). The Kier molecular flexibility index (Phi) is 6.87. The molecule has 11 heteroatoms. The summed E-state index contributed by atoms with van der Waals surface area (Å²) in [5.41, 5.74) is 0. The second kappa shape index (κ2) is 8.29. The Morgan fingerprint density at radius 1 is 1.04 bits per heavy atom. The van der Waals surface area contributed by atoms with Gasteiger partial charge in [-0.1, -0.05) is 0 Å². The molecule has 7 N–H and O–H groups in total. The molecule has 142 valence electrons. The minimum absolute atomic E-state index is 0.137. The Morgan fingerprint density at radius 2 is 1.71 bits per heavy atom. The first-order valence-corrected chi connectivity index (χ1v) is 7.46. The third kappa shape index (κ3) is 3.86. The van der Waals surface area contributed by atoms with Crippen LogP contribution in [0.1, 0.15) is 0 Å². The summed E-state index contributed by atoms with van der Waals surface area (Å²) in [6.45, 7) is -0.958. The number of rotatable bonds is 6. The molecule has 0 bridgehead atoms. The molecule has 0 aliphatic carbocycles. The number of hydrogen-bond acceptors (Lipinski definition) is 11. The maximum Gasteiger partial charge on any atom is 0.186 e. The molecule has 0 aromatic rings. The molecule has 2 saturated heterocycles. The van der Waals surface area contributed by atoms with Crippen molar-refractivity contribution in [3.8, 4) is 0 Å². The lowest BCUT2D eigenvalue weighted by atomic mass is 9.97. The van der Waals surface area contributed by atoms with Gasteiger partial charge in [0, 0.05) is 7.11 Å². The number of aliphatic hydroxyl groups excluding tert-OH is 7. The Labute approximate surface area is 137 Å². The van der Waals surface area contributed by atoms with E-state index in [1.807, 2.05) is 0 Å². The molecule has 0 amide bonds. The highest BCUT2D eigenvalue weighted by molar-refractivity contribution is 4.94. The van der Waals surface area contributed by atoms with Crippen LogP contribution in [-0.4, -0.2) is 117 Å². The third-order valence-electron chi connectivity index (χ3n) is 4.15. The smallest absolute Gasteiger partial charge is 0.186 e. The van der Waals surface area contributed by atoms with Gasteiger partial charge in [0.25, 0.3) is 0 Å². The largest absolute Gasteiger partial charge is 0.394 e. The molecule has 0 aromatic carbocycles. The molecule has 2 aliphatic heterocycles. The molecule has 0 radical (unpaired) electrons. The van der Waals surface area contributed by atoms with Crippen LogP contribution in [0.4, 0.5) is 0 Å². The molecule has 11 nitrogen and oxygen atoms in total. The predicted octanol–water partition coefficient (Wildman–Crippen LogP) is -4.74. The Balaban J connectivity index is 2.00. The van der Waals surface area contributed by atoms with Crippen molar-refractivity contribution < 1.29 is 54.7 Å². The van der Waals surface area contributed by atoms with Crippen molar-refractivity contribution >= 4 is 0 Å². The second-order valence-electron chi connectivity index (χ2n) is 5.78. The van der Waals surface area contributed by atoms with Crippen molar-refractivity contribution in [2.24, 2.45) is 0 Å². The monoisotopic (exact) mass is 356 g/mol. The van der Waals surface area contributed by atoms with E-state index in [0.29, 0.717) is 0 Å². The highest BCUT2D eigenvalue weighted by Gasteiger charge is 2.50. The average Bonchev–Trinajstić information content (AvgIpc) is 2.61. The Morgan fingerprint density at radius 3 is 2.29 bits per heavy atom. The minimum atomic E-state index is -1.88. The summed E-state index contributed by atoms with van der Waals surface area (Å²) < 4.78 is 20.8. The molecule has 10 atom stereocenters. The van der Waals surface area contributed by atoms with Crippen LogP contribution in [0.5, 0.6) is 0 Å². The fourth-order valence-corrected chi connectivity index (χ4v) is 2.66. The third-order valence-corrected chi connectivity index (χ3v) is 4.15. The SMILES string of the molecule is CO[C@H]1O[C@@H]2CO[C@@H]([C@H](O)[C@@H](O)[C@H](O)[C@H](O)CO)O[C@H]2[C@H](O)[C@H]1O. The molecular weight excluding hydrogens is 332 g/mol.